The number of hydrogen-bond donors (Lipinski definition) is 4. The van der Waals surface area contributed by atoms with Gasteiger partial charge in [-0.25, -0.2) is 10.8 Å². The number of pyridine rings is 1. The second-order valence-corrected chi connectivity index (χ2v) is 4.35. The third kappa shape index (κ3) is 3.08. The normalized spacial score (nSPS) is 22.2. The van der Waals surface area contributed by atoms with E-state index in [0.717, 1.165) is 0 Å². The van der Waals surface area contributed by atoms with Gasteiger partial charge in [0.05, 0.1) is 11.5 Å². The van der Waals surface area contributed by atoms with Crippen LogP contribution in [0, 0.1) is 10.1 Å². The van der Waals surface area contributed by atoms with Crippen LogP contribution in [0.3, 0.4) is 0 Å². The van der Waals surface area contributed by atoms with Crippen LogP contribution < -0.4 is 16.6 Å². The van der Waals surface area contributed by atoms with Crippen LogP contribution >= 0.6 is 0 Å². The lowest BCUT2D eigenvalue weighted by molar-refractivity contribution is -0.384. The highest BCUT2D eigenvalue weighted by Gasteiger charge is 2.32. The van der Waals surface area contributed by atoms with Crippen molar-refractivity contribution in [2.75, 3.05) is 30.5 Å². The first-order valence-electron chi connectivity index (χ1n) is 5.70. The van der Waals surface area contributed by atoms with Crippen molar-refractivity contribution in [3.05, 3.63) is 22.2 Å². The largest absolute Gasteiger partial charge is 0.386 e. The van der Waals surface area contributed by atoms with Gasteiger partial charge in [-0.1, -0.05) is 0 Å². The topological polar surface area (TPSA) is 136 Å². The molecule has 104 valence electrons. The number of anilines is 2. The second-order valence-electron chi connectivity index (χ2n) is 4.35. The third-order valence-electron chi connectivity index (χ3n) is 2.89. The van der Waals surface area contributed by atoms with Crippen molar-refractivity contribution in [2.24, 2.45) is 5.84 Å². The molecule has 0 saturated carbocycles. The average Bonchev–Trinajstić information content (AvgIpc) is 2.83. The van der Waals surface area contributed by atoms with Crippen molar-refractivity contribution >= 4 is 17.3 Å². The van der Waals surface area contributed by atoms with Crippen molar-refractivity contribution < 1.29 is 14.8 Å². The maximum absolute atomic E-state index is 10.9. The molecule has 9 heteroatoms. The summed E-state index contributed by atoms with van der Waals surface area (Å²) in [5, 5.41) is 23.7. The number of nitrogen functional groups attached to an aromatic ring is 1. The zero-order valence-electron chi connectivity index (χ0n) is 10.1. The Morgan fingerprint density at radius 2 is 2.42 bits per heavy atom. The summed E-state index contributed by atoms with van der Waals surface area (Å²) in [5.74, 6) is 5.56. The van der Waals surface area contributed by atoms with E-state index >= 15 is 0 Å². The minimum Gasteiger partial charge on any atom is -0.386 e. The summed E-state index contributed by atoms with van der Waals surface area (Å²) in [5.41, 5.74) is 1.10. The summed E-state index contributed by atoms with van der Waals surface area (Å²) in [7, 11) is 0. The molecule has 0 spiro atoms. The molecule has 5 N–H and O–H groups in total. The quantitative estimate of drug-likeness (QED) is 0.329. The van der Waals surface area contributed by atoms with Gasteiger partial charge in [-0.2, -0.15) is 0 Å². The molecule has 19 heavy (non-hydrogen) atoms. The number of hydrogen-bond acceptors (Lipinski definition) is 8. The number of aliphatic hydroxyl groups is 1. The molecule has 0 amide bonds. The molecule has 2 rings (SSSR count). The molecule has 1 fully saturated rings. The summed E-state index contributed by atoms with van der Waals surface area (Å²) < 4.78 is 5.09. The zero-order valence-corrected chi connectivity index (χ0v) is 10.1. The van der Waals surface area contributed by atoms with Gasteiger partial charge in [-0.05, 0) is 6.07 Å². The number of nitrogens with one attached hydrogen (secondary N) is 2. The monoisotopic (exact) mass is 269 g/mol. The summed E-state index contributed by atoms with van der Waals surface area (Å²) in [6.07, 6.45) is 0.475. The predicted molar refractivity (Wildman–Crippen MR) is 67.6 cm³/mol. The Morgan fingerprint density at radius 1 is 1.63 bits per heavy atom. The van der Waals surface area contributed by atoms with E-state index in [1.165, 1.54) is 12.1 Å². The average molecular weight is 269 g/mol. The minimum absolute atomic E-state index is 0.0563. The highest BCUT2D eigenvalue weighted by Crippen LogP contribution is 2.25. The van der Waals surface area contributed by atoms with Gasteiger partial charge in [0.1, 0.15) is 11.4 Å². The van der Waals surface area contributed by atoms with Crippen molar-refractivity contribution in [2.45, 2.75) is 12.0 Å². The Labute approximate surface area is 108 Å². The van der Waals surface area contributed by atoms with Crippen molar-refractivity contribution in [1.29, 1.82) is 0 Å². The molecule has 1 aliphatic rings. The maximum Gasteiger partial charge on any atom is 0.311 e. The lowest BCUT2D eigenvalue weighted by Crippen LogP contribution is -2.37. The third-order valence-corrected chi connectivity index (χ3v) is 2.89. The first-order chi connectivity index (χ1) is 9.04. The van der Waals surface area contributed by atoms with Gasteiger partial charge in [-0.15, -0.1) is 0 Å². The van der Waals surface area contributed by atoms with E-state index in [9.17, 15) is 15.2 Å². The van der Waals surface area contributed by atoms with E-state index in [0.29, 0.717) is 18.8 Å². The van der Waals surface area contributed by atoms with Gasteiger partial charge >= 0.3 is 5.69 Å². The fraction of sp³-hybridized carbons (Fsp3) is 0.500. The number of hydrazine groups is 1. The summed E-state index contributed by atoms with van der Waals surface area (Å²) in [6.45, 7) is 0.787. The molecule has 0 aromatic carbocycles. The smallest absolute Gasteiger partial charge is 0.311 e. The fourth-order valence-corrected chi connectivity index (χ4v) is 1.79. The van der Waals surface area contributed by atoms with Crippen LogP contribution in [-0.2, 0) is 4.74 Å². The Hall–Kier alpha value is -1.97. The molecule has 1 aromatic rings. The standard InChI is InChI=1S/C10H15N5O4/c11-14-8-2-1-7(15(17)18)9(13-8)12-5-10(16)3-4-19-6-10/h1-2,16H,3-6,11H2,(H2,12,13,14). The van der Waals surface area contributed by atoms with Crippen molar-refractivity contribution in [3.63, 3.8) is 0 Å². The molecule has 0 aliphatic carbocycles. The molecule has 0 radical (unpaired) electrons. The van der Waals surface area contributed by atoms with Crippen LogP contribution in [0.1, 0.15) is 6.42 Å². The molecule has 1 saturated heterocycles. The van der Waals surface area contributed by atoms with Crippen molar-refractivity contribution in [1.82, 2.24) is 4.98 Å². The van der Waals surface area contributed by atoms with Crippen LogP contribution in [-0.4, -0.2) is 40.4 Å². The molecule has 9 nitrogen and oxygen atoms in total. The SMILES string of the molecule is NNc1ccc([N+](=O)[O-])c(NCC2(O)CCOC2)n1. The number of aromatic nitrogens is 1. The highest BCUT2D eigenvalue weighted by atomic mass is 16.6. The van der Waals surface area contributed by atoms with E-state index in [4.69, 9.17) is 10.6 Å². The Bertz CT molecular complexity index is 475. The molecule has 2 heterocycles. The van der Waals surface area contributed by atoms with Gasteiger partial charge in [0.2, 0.25) is 5.82 Å². The Balaban J connectivity index is 2.15. The molecular formula is C10H15N5O4. The lowest BCUT2D eigenvalue weighted by Gasteiger charge is -2.20. The van der Waals surface area contributed by atoms with E-state index in [2.05, 4.69) is 15.7 Å². The van der Waals surface area contributed by atoms with Gasteiger partial charge < -0.3 is 20.6 Å². The number of ether oxygens (including phenoxy) is 1. The molecular weight excluding hydrogens is 254 g/mol. The van der Waals surface area contributed by atoms with Gasteiger partial charge in [0.15, 0.2) is 0 Å². The molecule has 1 unspecified atom stereocenters. The number of nitro groups is 1. The van der Waals surface area contributed by atoms with Crippen molar-refractivity contribution in [3.8, 4) is 0 Å². The summed E-state index contributed by atoms with van der Waals surface area (Å²) in [6, 6.07) is 2.69. The molecule has 1 aromatic heterocycles. The molecule has 0 bridgehead atoms. The van der Waals surface area contributed by atoms with Gasteiger partial charge in [0.25, 0.3) is 0 Å². The lowest BCUT2D eigenvalue weighted by atomic mass is 10.0. The van der Waals surface area contributed by atoms with Crippen LogP contribution in [0.4, 0.5) is 17.3 Å². The van der Waals surface area contributed by atoms with E-state index in [1.807, 2.05) is 0 Å². The predicted octanol–water partition coefficient (Wildman–Crippen LogP) is -0.161. The first kappa shape index (κ1) is 13.5. The first-order valence-corrected chi connectivity index (χ1v) is 5.70. The van der Waals surface area contributed by atoms with Crippen LogP contribution in [0.25, 0.3) is 0 Å². The molecule has 1 aliphatic heterocycles. The highest BCUT2D eigenvalue weighted by molar-refractivity contribution is 5.60. The Morgan fingerprint density at radius 3 is 3.00 bits per heavy atom. The van der Waals surface area contributed by atoms with Crippen LogP contribution in [0.5, 0.6) is 0 Å². The summed E-state index contributed by atoms with van der Waals surface area (Å²) in [4.78, 5) is 14.3. The van der Waals surface area contributed by atoms with Crippen LogP contribution in [0.2, 0.25) is 0 Å². The fourth-order valence-electron chi connectivity index (χ4n) is 1.79. The minimum atomic E-state index is -1.03. The van der Waals surface area contributed by atoms with Gasteiger partial charge in [0, 0.05) is 25.6 Å². The molecule has 1 atom stereocenters. The van der Waals surface area contributed by atoms with E-state index < -0.39 is 10.5 Å². The van der Waals surface area contributed by atoms with Gasteiger partial charge in [-0.3, -0.25) is 10.1 Å². The number of nitrogens with zero attached hydrogens (tertiary/aromatic N) is 2. The number of rotatable bonds is 5. The maximum atomic E-state index is 10.9. The summed E-state index contributed by atoms with van der Waals surface area (Å²) >= 11 is 0. The second kappa shape index (κ2) is 5.34. The van der Waals surface area contributed by atoms with E-state index in [-0.39, 0.29) is 24.7 Å². The van der Waals surface area contributed by atoms with Crippen LogP contribution in [0.15, 0.2) is 12.1 Å². The zero-order chi connectivity index (χ0) is 13.9. The van der Waals surface area contributed by atoms with E-state index in [1.54, 1.807) is 0 Å². The Kier molecular flexibility index (Phi) is 3.79. The number of nitrogens with two attached hydrogens (primary N) is 1.